The fourth-order valence-electron chi connectivity index (χ4n) is 3.79. The van der Waals surface area contributed by atoms with Crippen molar-refractivity contribution in [3.05, 3.63) is 59.7 Å². The van der Waals surface area contributed by atoms with Gasteiger partial charge in [-0.1, -0.05) is 24.3 Å². The van der Waals surface area contributed by atoms with E-state index in [1.54, 1.807) is 33.8 Å². The number of nitrogens with one attached hydrogen (secondary N) is 2. The Morgan fingerprint density at radius 1 is 0.684 bits per heavy atom. The Kier molecular flexibility index (Phi) is 8.34. The van der Waals surface area contributed by atoms with E-state index in [1.807, 2.05) is 18.2 Å². The average Bonchev–Trinajstić information content (AvgIpc) is 3.33. The number of imide groups is 2. The quantitative estimate of drug-likeness (QED) is 0.435. The highest BCUT2D eigenvalue weighted by atomic mass is 16.6. The molecule has 1 aromatic carbocycles. The van der Waals surface area contributed by atoms with E-state index in [1.165, 1.54) is 0 Å². The summed E-state index contributed by atoms with van der Waals surface area (Å²) in [5, 5.41) is 5.52. The van der Waals surface area contributed by atoms with Crippen LogP contribution < -0.4 is 10.6 Å². The molecule has 0 radical (unpaired) electrons. The number of amides is 6. The first kappa shape index (κ1) is 28.1. The highest BCUT2D eigenvalue weighted by molar-refractivity contribution is 6.13. The molecule has 2 heterocycles. The van der Waals surface area contributed by atoms with E-state index in [0.717, 1.165) is 45.2 Å². The molecule has 0 aromatic heterocycles. The first-order valence-corrected chi connectivity index (χ1v) is 11.9. The summed E-state index contributed by atoms with van der Waals surface area (Å²) < 4.78 is 10.3. The van der Waals surface area contributed by atoms with Gasteiger partial charge in [-0.05, 0) is 38.8 Å². The lowest BCUT2D eigenvalue weighted by molar-refractivity contribution is -0.138. The number of hydrogen-bond acceptors (Lipinski definition) is 8. The number of rotatable bonds is 10. The van der Waals surface area contributed by atoms with Crippen molar-refractivity contribution < 1.29 is 38.2 Å². The summed E-state index contributed by atoms with van der Waals surface area (Å²) in [6.07, 6.45) is 3.18. The van der Waals surface area contributed by atoms with Gasteiger partial charge in [-0.3, -0.25) is 29.0 Å². The first-order valence-electron chi connectivity index (χ1n) is 11.9. The van der Waals surface area contributed by atoms with Gasteiger partial charge in [0, 0.05) is 24.3 Å². The van der Waals surface area contributed by atoms with Crippen molar-refractivity contribution in [1.82, 2.24) is 20.4 Å². The summed E-state index contributed by atoms with van der Waals surface area (Å²) in [6, 6.07) is 7.22. The minimum Gasteiger partial charge on any atom is -0.448 e. The third kappa shape index (κ3) is 6.84. The molecule has 6 amide bonds. The number of hydrogen-bond donors (Lipinski definition) is 2. The van der Waals surface area contributed by atoms with Gasteiger partial charge in [0.15, 0.2) is 0 Å². The molecule has 0 spiro atoms. The number of alkyl carbamates (subject to hydrolysis) is 2. The Balaban J connectivity index is 1.52. The number of benzene rings is 1. The molecule has 2 aliphatic heterocycles. The molecule has 1 aromatic rings. The molecule has 0 atom stereocenters. The van der Waals surface area contributed by atoms with Crippen LogP contribution in [0.4, 0.5) is 9.59 Å². The van der Waals surface area contributed by atoms with Crippen LogP contribution in [-0.4, -0.2) is 71.9 Å². The van der Waals surface area contributed by atoms with Crippen LogP contribution >= 0.6 is 0 Å². The van der Waals surface area contributed by atoms with Gasteiger partial charge < -0.3 is 20.1 Å². The molecule has 0 saturated carbocycles. The van der Waals surface area contributed by atoms with Crippen LogP contribution in [0.5, 0.6) is 0 Å². The maximum absolute atomic E-state index is 12.4. The van der Waals surface area contributed by atoms with Crippen molar-refractivity contribution in [2.75, 3.05) is 26.3 Å². The highest BCUT2D eigenvalue weighted by Gasteiger charge is 2.29. The van der Waals surface area contributed by atoms with Gasteiger partial charge in [-0.15, -0.1) is 0 Å². The Hall–Kier alpha value is -4.48. The molecule has 0 unspecified atom stereocenters. The molecule has 0 aliphatic carbocycles. The van der Waals surface area contributed by atoms with E-state index in [9.17, 15) is 28.8 Å². The van der Waals surface area contributed by atoms with Crippen LogP contribution in [0.15, 0.2) is 48.6 Å². The molecule has 0 saturated heterocycles. The predicted octanol–water partition coefficient (Wildman–Crippen LogP) is 1.46. The molecule has 0 fully saturated rings. The lowest BCUT2D eigenvalue weighted by atomic mass is 9.87. The van der Waals surface area contributed by atoms with Crippen LogP contribution in [-0.2, 0) is 39.7 Å². The van der Waals surface area contributed by atoms with Gasteiger partial charge in [0.25, 0.3) is 23.6 Å². The van der Waals surface area contributed by atoms with E-state index in [0.29, 0.717) is 0 Å². The molecule has 202 valence electrons. The maximum Gasteiger partial charge on any atom is 0.407 e. The predicted molar refractivity (Wildman–Crippen MR) is 133 cm³/mol. The normalized spacial score (nSPS) is 15.4. The third-order valence-electron chi connectivity index (χ3n) is 6.03. The molecule has 12 nitrogen and oxygen atoms in total. The Labute approximate surface area is 219 Å². The molecule has 38 heavy (non-hydrogen) atoms. The van der Waals surface area contributed by atoms with E-state index < -0.39 is 46.9 Å². The van der Waals surface area contributed by atoms with Crippen molar-refractivity contribution in [3.8, 4) is 0 Å². The zero-order valence-corrected chi connectivity index (χ0v) is 21.6. The first-order chi connectivity index (χ1) is 17.8. The zero-order valence-electron chi connectivity index (χ0n) is 21.6. The molecular formula is C26H30N4O8. The van der Waals surface area contributed by atoms with Crippen molar-refractivity contribution in [2.24, 2.45) is 0 Å². The van der Waals surface area contributed by atoms with Gasteiger partial charge in [0.2, 0.25) is 0 Å². The van der Waals surface area contributed by atoms with Crippen molar-refractivity contribution in [3.63, 3.8) is 0 Å². The Morgan fingerprint density at radius 2 is 1.03 bits per heavy atom. The highest BCUT2D eigenvalue weighted by Crippen LogP contribution is 2.27. The topological polar surface area (TPSA) is 151 Å². The van der Waals surface area contributed by atoms with Gasteiger partial charge in [0.05, 0.1) is 24.2 Å². The SMILES string of the molecule is CC(C)(NC(=O)OCCN1C(=O)C=CC1=O)c1cccc(C(C)(C)NC(=O)OCCN2C(=O)C=CC2=O)c1. The number of carbonyl (C=O) groups is 6. The lowest BCUT2D eigenvalue weighted by Crippen LogP contribution is -2.44. The summed E-state index contributed by atoms with van der Waals surface area (Å²) in [5.74, 6) is -1.81. The minimum absolute atomic E-state index is 0.0501. The van der Waals surface area contributed by atoms with Crippen molar-refractivity contribution in [1.29, 1.82) is 0 Å². The Bertz CT molecular complexity index is 1090. The average molecular weight is 527 g/mol. The van der Waals surface area contributed by atoms with Gasteiger partial charge in [0.1, 0.15) is 13.2 Å². The molecular weight excluding hydrogens is 496 g/mol. The van der Waals surface area contributed by atoms with E-state index in [-0.39, 0.29) is 26.3 Å². The zero-order chi connectivity index (χ0) is 28.1. The van der Waals surface area contributed by atoms with Crippen LogP contribution in [0, 0.1) is 0 Å². The molecule has 2 aliphatic rings. The third-order valence-corrected chi connectivity index (χ3v) is 6.03. The fourth-order valence-corrected chi connectivity index (χ4v) is 3.79. The second-order valence-corrected chi connectivity index (χ2v) is 9.68. The standard InChI is InChI=1S/C26H30N4O8/c1-25(2,27-23(35)37-14-12-29-19(31)8-9-20(29)32)17-6-5-7-18(16-17)26(3,4)28-24(36)38-15-13-30-21(33)10-11-22(30)34/h5-11,16H,12-15H2,1-4H3,(H,27,35)(H,28,36). The fraction of sp³-hybridized carbons (Fsp3) is 0.385. The summed E-state index contributed by atoms with van der Waals surface area (Å²) >= 11 is 0. The van der Waals surface area contributed by atoms with Crippen molar-refractivity contribution >= 4 is 35.8 Å². The smallest absolute Gasteiger partial charge is 0.407 e. The number of nitrogens with zero attached hydrogens (tertiary/aromatic N) is 2. The van der Waals surface area contributed by atoms with Gasteiger partial charge in [-0.2, -0.15) is 0 Å². The minimum atomic E-state index is -0.868. The monoisotopic (exact) mass is 526 g/mol. The lowest BCUT2D eigenvalue weighted by Gasteiger charge is -2.31. The van der Waals surface area contributed by atoms with E-state index >= 15 is 0 Å². The van der Waals surface area contributed by atoms with Crippen LogP contribution in [0.3, 0.4) is 0 Å². The Morgan fingerprint density at radius 3 is 1.37 bits per heavy atom. The summed E-state index contributed by atoms with van der Waals surface area (Å²) in [4.78, 5) is 73.0. The van der Waals surface area contributed by atoms with Crippen LogP contribution in [0.25, 0.3) is 0 Å². The molecule has 0 bridgehead atoms. The van der Waals surface area contributed by atoms with Crippen LogP contribution in [0.2, 0.25) is 0 Å². The molecule has 2 N–H and O–H groups in total. The van der Waals surface area contributed by atoms with Gasteiger partial charge >= 0.3 is 12.2 Å². The molecule has 3 rings (SSSR count). The second-order valence-electron chi connectivity index (χ2n) is 9.68. The largest absolute Gasteiger partial charge is 0.448 e. The molecule has 12 heteroatoms. The van der Waals surface area contributed by atoms with E-state index in [2.05, 4.69) is 10.6 Å². The summed E-state index contributed by atoms with van der Waals surface area (Å²) in [7, 11) is 0. The summed E-state index contributed by atoms with van der Waals surface area (Å²) in [6.45, 7) is 6.68. The maximum atomic E-state index is 12.4. The van der Waals surface area contributed by atoms with E-state index in [4.69, 9.17) is 9.47 Å². The second kappa shape index (κ2) is 11.3. The van der Waals surface area contributed by atoms with Crippen molar-refractivity contribution in [2.45, 2.75) is 38.8 Å². The number of carbonyl (C=O) groups excluding carboxylic acids is 6. The van der Waals surface area contributed by atoms with Crippen LogP contribution in [0.1, 0.15) is 38.8 Å². The van der Waals surface area contributed by atoms with Gasteiger partial charge in [-0.25, -0.2) is 9.59 Å². The number of ether oxygens (including phenoxy) is 2. The summed E-state index contributed by atoms with van der Waals surface area (Å²) in [5.41, 5.74) is -0.286.